The molecule has 0 fully saturated rings. The number of nitrogens with two attached hydrogens (primary N) is 1. The molecule has 3 aromatic rings. The van der Waals surface area contributed by atoms with Crippen molar-refractivity contribution >= 4 is 41.1 Å². The highest BCUT2D eigenvalue weighted by atomic mass is 32.2. The van der Waals surface area contributed by atoms with E-state index in [1.54, 1.807) is 11.8 Å². The standard InChI is InChI=1S/C18H17N5OS2/c19-17-20-18(22-21-17)26-11-16(24)23-13-8-4-5-9-15(13)25-10-14(23)12-6-2-1-3-7-12/h1-9,14H,10-11H2,(H3,19,20,21,22)/t14-/m1/s1. The summed E-state index contributed by atoms with van der Waals surface area (Å²) in [6.07, 6.45) is 0. The predicted molar refractivity (Wildman–Crippen MR) is 105 cm³/mol. The number of nitrogens with zero attached hydrogens (tertiary/aromatic N) is 3. The number of amides is 1. The summed E-state index contributed by atoms with van der Waals surface area (Å²) < 4.78 is 0. The number of aromatic nitrogens is 3. The van der Waals surface area contributed by atoms with Crippen LogP contribution in [-0.4, -0.2) is 32.6 Å². The maximum atomic E-state index is 13.1. The number of fused-ring (bicyclic) bond motifs is 1. The van der Waals surface area contributed by atoms with E-state index in [9.17, 15) is 4.79 Å². The molecule has 132 valence electrons. The molecule has 0 bridgehead atoms. The molecule has 8 heteroatoms. The first-order chi connectivity index (χ1) is 12.7. The number of hydrogen-bond acceptors (Lipinski definition) is 6. The van der Waals surface area contributed by atoms with E-state index < -0.39 is 0 Å². The van der Waals surface area contributed by atoms with Crippen LogP contribution < -0.4 is 10.6 Å². The molecule has 0 unspecified atom stereocenters. The van der Waals surface area contributed by atoms with Crippen LogP contribution >= 0.6 is 23.5 Å². The maximum absolute atomic E-state index is 13.1. The second kappa shape index (κ2) is 7.43. The van der Waals surface area contributed by atoms with E-state index in [0.29, 0.717) is 5.16 Å². The van der Waals surface area contributed by atoms with Gasteiger partial charge in [-0.1, -0.05) is 54.2 Å². The van der Waals surface area contributed by atoms with Crippen LogP contribution in [0.3, 0.4) is 0 Å². The van der Waals surface area contributed by atoms with Gasteiger partial charge in [0.2, 0.25) is 17.0 Å². The molecule has 26 heavy (non-hydrogen) atoms. The Bertz CT molecular complexity index is 915. The quantitative estimate of drug-likeness (QED) is 0.672. The Morgan fingerprint density at radius 1 is 1.23 bits per heavy atom. The van der Waals surface area contributed by atoms with E-state index >= 15 is 0 Å². The van der Waals surface area contributed by atoms with Gasteiger partial charge in [-0.15, -0.1) is 16.9 Å². The van der Waals surface area contributed by atoms with Crippen molar-refractivity contribution in [3.8, 4) is 0 Å². The number of carbonyl (C=O) groups is 1. The van der Waals surface area contributed by atoms with Crippen molar-refractivity contribution in [3.05, 3.63) is 60.2 Å². The van der Waals surface area contributed by atoms with Crippen LogP contribution in [-0.2, 0) is 4.79 Å². The molecule has 2 heterocycles. The minimum absolute atomic E-state index is 0.00131. The molecule has 0 saturated carbocycles. The van der Waals surface area contributed by atoms with E-state index in [2.05, 4.69) is 33.4 Å². The molecular formula is C18H17N5OS2. The van der Waals surface area contributed by atoms with Crippen LogP contribution in [0.5, 0.6) is 0 Å². The molecule has 2 aromatic carbocycles. The lowest BCUT2D eigenvalue weighted by atomic mass is 10.1. The van der Waals surface area contributed by atoms with E-state index in [1.165, 1.54) is 11.8 Å². The van der Waals surface area contributed by atoms with Crippen molar-refractivity contribution in [2.45, 2.75) is 16.1 Å². The fourth-order valence-corrected chi connectivity index (χ4v) is 4.77. The molecule has 0 aliphatic carbocycles. The average molecular weight is 384 g/mol. The first-order valence-electron chi connectivity index (χ1n) is 8.12. The molecule has 1 aliphatic heterocycles. The number of nitrogen functional groups attached to an aromatic ring is 1. The summed E-state index contributed by atoms with van der Waals surface area (Å²) in [5.41, 5.74) is 7.64. The number of aromatic amines is 1. The maximum Gasteiger partial charge on any atom is 0.238 e. The smallest absolute Gasteiger partial charge is 0.238 e. The molecule has 6 nitrogen and oxygen atoms in total. The first kappa shape index (κ1) is 17.0. The second-order valence-corrected chi connectivity index (χ2v) is 7.77. The van der Waals surface area contributed by atoms with Gasteiger partial charge in [0.1, 0.15) is 0 Å². The Morgan fingerprint density at radius 2 is 2.00 bits per heavy atom. The molecule has 4 rings (SSSR count). The highest BCUT2D eigenvalue weighted by molar-refractivity contribution is 8.00. The highest BCUT2D eigenvalue weighted by Crippen LogP contribution is 2.43. The molecule has 1 aliphatic rings. The van der Waals surface area contributed by atoms with E-state index in [4.69, 9.17) is 5.73 Å². The highest BCUT2D eigenvalue weighted by Gasteiger charge is 2.32. The third-order valence-corrected chi connectivity index (χ3v) is 6.06. The monoisotopic (exact) mass is 383 g/mol. The average Bonchev–Trinajstić information content (AvgIpc) is 3.11. The Kier molecular flexibility index (Phi) is 4.85. The van der Waals surface area contributed by atoms with E-state index in [1.807, 2.05) is 41.3 Å². The molecule has 1 atom stereocenters. The fraction of sp³-hybridized carbons (Fsp3) is 0.167. The number of carbonyl (C=O) groups excluding carboxylic acids is 1. The summed E-state index contributed by atoms with van der Waals surface area (Å²) in [5, 5.41) is 7.05. The lowest BCUT2D eigenvalue weighted by Crippen LogP contribution is -2.39. The van der Waals surface area contributed by atoms with Gasteiger partial charge in [-0.2, -0.15) is 4.98 Å². The van der Waals surface area contributed by atoms with Crippen molar-refractivity contribution in [1.82, 2.24) is 15.2 Å². The lowest BCUT2D eigenvalue weighted by molar-refractivity contribution is -0.116. The summed E-state index contributed by atoms with van der Waals surface area (Å²) in [6, 6.07) is 18.2. The van der Waals surface area contributed by atoms with Crippen LogP contribution in [0.15, 0.2) is 64.6 Å². The van der Waals surface area contributed by atoms with Crippen molar-refractivity contribution in [3.63, 3.8) is 0 Å². The summed E-state index contributed by atoms with van der Waals surface area (Å²) in [4.78, 5) is 20.2. The lowest BCUT2D eigenvalue weighted by Gasteiger charge is -2.37. The van der Waals surface area contributed by atoms with Gasteiger partial charge in [0.25, 0.3) is 0 Å². The van der Waals surface area contributed by atoms with E-state index in [-0.39, 0.29) is 23.7 Å². The number of benzene rings is 2. The van der Waals surface area contributed by atoms with Gasteiger partial charge < -0.3 is 10.6 Å². The summed E-state index contributed by atoms with van der Waals surface area (Å²) in [6.45, 7) is 0. The number of anilines is 2. The molecule has 0 spiro atoms. The van der Waals surface area contributed by atoms with Crippen molar-refractivity contribution in [1.29, 1.82) is 0 Å². The molecule has 1 amide bonds. The van der Waals surface area contributed by atoms with Crippen LogP contribution in [0.1, 0.15) is 11.6 Å². The van der Waals surface area contributed by atoms with Crippen LogP contribution in [0.2, 0.25) is 0 Å². The van der Waals surface area contributed by atoms with Crippen LogP contribution in [0.4, 0.5) is 11.6 Å². The van der Waals surface area contributed by atoms with Gasteiger partial charge in [0.05, 0.1) is 17.5 Å². The predicted octanol–water partition coefficient (Wildman–Crippen LogP) is 3.36. The number of rotatable bonds is 4. The minimum atomic E-state index is 0.00131. The van der Waals surface area contributed by atoms with E-state index in [0.717, 1.165) is 21.9 Å². The molecule has 3 N–H and O–H groups in total. The normalized spacial score (nSPS) is 16.3. The summed E-state index contributed by atoms with van der Waals surface area (Å²) >= 11 is 3.07. The molecule has 0 saturated heterocycles. The van der Waals surface area contributed by atoms with Crippen LogP contribution in [0, 0.1) is 0 Å². The van der Waals surface area contributed by atoms with Gasteiger partial charge in [0, 0.05) is 10.6 Å². The number of thioether (sulfide) groups is 2. The molecule has 0 radical (unpaired) electrons. The Hall–Kier alpha value is -2.45. The van der Waals surface area contributed by atoms with Gasteiger partial charge in [-0.3, -0.25) is 4.79 Å². The zero-order chi connectivity index (χ0) is 17.9. The first-order valence-corrected chi connectivity index (χ1v) is 10.1. The summed E-state index contributed by atoms with van der Waals surface area (Å²) in [7, 11) is 0. The number of H-pyrrole nitrogens is 1. The molecular weight excluding hydrogens is 366 g/mol. The Balaban J connectivity index is 1.62. The van der Waals surface area contributed by atoms with Crippen molar-refractivity contribution in [2.24, 2.45) is 0 Å². The van der Waals surface area contributed by atoms with Gasteiger partial charge in [0.15, 0.2) is 0 Å². The fourth-order valence-electron chi connectivity index (χ4n) is 2.94. The van der Waals surface area contributed by atoms with Gasteiger partial charge >= 0.3 is 0 Å². The summed E-state index contributed by atoms with van der Waals surface area (Å²) in [5.74, 6) is 1.35. The third kappa shape index (κ3) is 3.42. The zero-order valence-corrected chi connectivity index (χ0v) is 15.5. The largest absolute Gasteiger partial charge is 0.368 e. The third-order valence-electron chi connectivity index (χ3n) is 4.09. The topological polar surface area (TPSA) is 87.9 Å². The molecule has 1 aromatic heterocycles. The SMILES string of the molecule is Nc1nc(SCC(=O)N2c3ccccc3SC[C@@H]2c2ccccc2)n[nH]1. The van der Waals surface area contributed by atoms with Gasteiger partial charge in [-0.05, 0) is 17.7 Å². The number of nitrogens with one attached hydrogen (secondary N) is 1. The van der Waals surface area contributed by atoms with Crippen molar-refractivity contribution in [2.75, 3.05) is 22.1 Å². The minimum Gasteiger partial charge on any atom is -0.368 e. The van der Waals surface area contributed by atoms with Gasteiger partial charge in [-0.25, -0.2) is 5.10 Å². The zero-order valence-electron chi connectivity index (χ0n) is 13.8. The Morgan fingerprint density at radius 3 is 2.77 bits per heavy atom. The van der Waals surface area contributed by atoms with Crippen LogP contribution in [0.25, 0.3) is 0 Å². The second-order valence-electron chi connectivity index (χ2n) is 5.76. The Labute approximate surface area is 159 Å². The van der Waals surface area contributed by atoms with Crippen molar-refractivity contribution < 1.29 is 4.79 Å². The number of para-hydroxylation sites is 1. The number of hydrogen-bond donors (Lipinski definition) is 2.